The first kappa shape index (κ1) is 33.0. The lowest BCUT2D eigenvalue weighted by Gasteiger charge is -2.29. The second-order valence-corrected chi connectivity index (χ2v) is 10.1. The molecule has 0 fully saturated rings. The molecule has 0 spiro atoms. The van der Waals surface area contributed by atoms with E-state index in [1.807, 2.05) is 0 Å². The van der Waals surface area contributed by atoms with Crippen LogP contribution in [0.5, 0.6) is 0 Å². The Labute approximate surface area is 254 Å². The van der Waals surface area contributed by atoms with Crippen LogP contribution in [-0.4, -0.2) is 94.0 Å². The molecule has 2 aromatic rings. The van der Waals surface area contributed by atoms with E-state index < -0.39 is 60.1 Å². The highest BCUT2D eigenvalue weighted by molar-refractivity contribution is 9.10. The number of halogens is 1. The lowest BCUT2D eigenvalue weighted by molar-refractivity contribution is -0.183. The highest BCUT2D eigenvalue weighted by Crippen LogP contribution is 2.33. The van der Waals surface area contributed by atoms with Gasteiger partial charge in [0.05, 0.1) is 22.2 Å². The van der Waals surface area contributed by atoms with Crippen molar-refractivity contribution in [2.75, 3.05) is 18.0 Å². The second kappa shape index (κ2) is 14.1. The number of aliphatic imine (C=N–C) groups is 1. The van der Waals surface area contributed by atoms with Crippen molar-refractivity contribution < 1.29 is 47.7 Å². The maximum Gasteiger partial charge on any atom is 0.347 e. The monoisotopic (exact) mass is 663 g/mol. The predicted octanol–water partition coefficient (Wildman–Crippen LogP) is 1.69. The third-order valence-electron chi connectivity index (χ3n) is 5.96. The first-order valence-corrected chi connectivity index (χ1v) is 13.9. The van der Waals surface area contributed by atoms with Crippen LogP contribution in [-0.2, 0) is 47.7 Å². The Bertz CT molecular complexity index is 1480. The number of anilines is 1. The molecule has 0 unspecified atom stereocenters. The Morgan fingerprint density at radius 2 is 1.35 bits per heavy atom. The van der Waals surface area contributed by atoms with E-state index in [9.17, 15) is 28.8 Å². The summed E-state index contributed by atoms with van der Waals surface area (Å²) < 4.78 is 20.3. The molecule has 2 heterocycles. The van der Waals surface area contributed by atoms with Crippen LogP contribution in [0.3, 0.4) is 0 Å². The second-order valence-electron chi connectivity index (χ2n) is 9.34. The number of amides is 2. The zero-order chi connectivity index (χ0) is 32.0. The van der Waals surface area contributed by atoms with Crippen molar-refractivity contribution in [2.24, 2.45) is 4.99 Å². The van der Waals surface area contributed by atoms with E-state index in [0.717, 1.165) is 6.92 Å². The molecule has 1 aliphatic rings. The molecule has 43 heavy (non-hydrogen) atoms. The molecule has 0 saturated heterocycles. The molecule has 0 bridgehead atoms. The molecule has 1 aromatic heterocycles. The highest BCUT2D eigenvalue weighted by atomic mass is 79.9. The van der Waals surface area contributed by atoms with Crippen molar-refractivity contribution in [2.45, 2.75) is 66.0 Å². The van der Waals surface area contributed by atoms with Crippen LogP contribution in [0.1, 0.15) is 41.5 Å². The number of hydrogen-bond donors (Lipinski definition) is 0. The van der Waals surface area contributed by atoms with E-state index >= 15 is 0 Å². The van der Waals surface area contributed by atoms with E-state index in [0.29, 0.717) is 21.2 Å². The Hall–Kier alpha value is -4.47. The lowest BCUT2D eigenvalue weighted by atomic mass is 10.2. The number of fused-ring (bicyclic) bond motifs is 1. The number of nitrogens with zero attached hydrogens (tertiary/aromatic N) is 5. The standard InChI is InChI=1S/C27H30BrN5O10/c1-13(41-25(38)15(3)43-26(39)16(4)42-24(37)14(2)40-18(6)35)23(36)32-12-11-31-27(32)33(17(5)34)20-8-7-19-22(21(20)28)30-10-9-29-19/h7-10,13-16H,11-12H2,1-6H3/t13-,14-,15-,16-/m0/s1. The number of guanidine groups is 1. The van der Waals surface area contributed by atoms with E-state index in [1.54, 1.807) is 12.1 Å². The number of benzene rings is 1. The summed E-state index contributed by atoms with van der Waals surface area (Å²) in [5.74, 6) is -4.89. The van der Waals surface area contributed by atoms with Gasteiger partial charge in [-0.25, -0.2) is 19.3 Å². The molecule has 1 aromatic carbocycles. The third kappa shape index (κ3) is 7.88. The van der Waals surface area contributed by atoms with Crippen LogP contribution in [0.4, 0.5) is 5.69 Å². The summed E-state index contributed by atoms with van der Waals surface area (Å²) in [6, 6.07) is 3.32. The van der Waals surface area contributed by atoms with Gasteiger partial charge in [0.2, 0.25) is 11.9 Å². The predicted molar refractivity (Wildman–Crippen MR) is 152 cm³/mol. The van der Waals surface area contributed by atoms with Crippen LogP contribution in [0, 0.1) is 0 Å². The van der Waals surface area contributed by atoms with Crippen molar-refractivity contribution >= 4 is 74.3 Å². The summed E-state index contributed by atoms with van der Waals surface area (Å²) in [7, 11) is 0. The van der Waals surface area contributed by atoms with Gasteiger partial charge in [-0.2, -0.15) is 0 Å². The van der Waals surface area contributed by atoms with Crippen LogP contribution < -0.4 is 4.90 Å². The number of ether oxygens (including phenoxy) is 4. The number of hydrogen-bond acceptors (Lipinski definition) is 13. The summed E-state index contributed by atoms with van der Waals surface area (Å²) in [6.45, 7) is 7.74. The SMILES string of the molecule is CC(=O)O[C@@H](C)C(=O)O[C@@H](C)C(=O)O[C@@H](C)C(=O)O[C@@H](C)C(=O)N1CCN=C1N(C(C)=O)c1ccc2nccnc2c1Br. The normalized spacial score (nSPS) is 15.4. The van der Waals surface area contributed by atoms with Crippen molar-refractivity contribution in [1.29, 1.82) is 0 Å². The molecule has 0 radical (unpaired) electrons. The largest absolute Gasteiger partial charge is 0.451 e. The maximum absolute atomic E-state index is 13.4. The molecular formula is C27H30BrN5O10. The summed E-state index contributed by atoms with van der Waals surface area (Å²) in [6.07, 6.45) is -2.46. The molecular weight excluding hydrogens is 634 g/mol. The first-order valence-electron chi connectivity index (χ1n) is 13.1. The average molecular weight is 664 g/mol. The van der Waals surface area contributed by atoms with E-state index in [2.05, 4.69) is 30.9 Å². The smallest absolute Gasteiger partial charge is 0.347 e. The van der Waals surface area contributed by atoms with Crippen molar-refractivity contribution in [3.63, 3.8) is 0 Å². The van der Waals surface area contributed by atoms with Gasteiger partial charge in [-0.1, -0.05) is 0 Å². The number of esters is 4. The fourth-order valence-electron chi connectivity index (χ4n) is 3.89. The Kier molecular flexibility index (Phi) is 10.9. The maximum atomic E-state index is 13.4. The van der Waals surface area contributed by atoms with Gasteiger partial charge in [0.15, 0.2) is 24.4 Å². The molecule has 2 amide bonds. The van der Waals surface area contributed by atoms with E-state index in [-0.39, 0.29) is 19.0 Å². The minimum Gasteiger partial charge on any atom is -0.451 e. The van der Waals surface area contributed by atoms with Gasteiger partial charge in [-0.05, 0) is 55.8 Å². The third-order valence-corrected chi connectivity index (χ3v) is 6.75. The molecule has 15 nitrogen and oxygen atoms in total. The van der Waals surface area contributed by atoms with Gasteiger partial charge < -0.3 is 18.9 Å². The summed E-state index contributed by atoms with van der Waals surface area (Å²) in [5, 5.41) is 0. The fraction of sp³-hybridized carbons (Fsp3) is 0.444. The van der Waals surface area contributed by atoms with Gasteiger partial charge in [0, 0.05) is 32.8 Å². The summed E-state index contributed by atoms with van der Waals surface area (Å²) in [4.78, 5) is 89.4. The minimum atomic E-state index is -1.47. The number of rotatable bonds is 9. The molecule has 0 saturated carbocycles. The van der Waals surface area contributed by atoms with Crippen molar-refractivity contribution in [1.82, 2.24) is 14.9 Å². The van der Waals surface area contributed by atoms with Gasteiger partial charge >= 0.3 is 23.9 Å². The van der Waals surface area contributed by atoms with Crippen molar-refractivity contribution in [3.8, 4) is 0 Å². The zero-order valence-electron chi connectivity index (χ0n) is 24.2. The van der Waals surface area contributed by atoms with Gasteiger partial charge in [-0.15, -0.1) is 0 Å². The van der Waals surface area contributed by atoms with Crippen LogP contribution in [0.15, 0.2) is 34.0 Å². The fourth-order valence-corrected chi connectivity index (χ4v) is 4.51. The highest BCUT2D eigenvalue weighted by Gasteiger charge is 2.37. The van der Waals surface area contributed by atoms with Crippen LogP contribution >= 0.6 is 15.9 Å². The molecule has 230 valence electrons. The Balaban J connectivity index is 1.66. The van der Waals surface area contributed by atoms with E-state index in [4.69, 9.17) is 18.9 Å². The van der Waals surface area contributed by atoms with Crippen molar-refractivity contribution in [3.05, 3.63) is 29.0 Å². The summed E-state index contributed by atoms with van der Waals surface area (Å²) >= 11 is 3.48. The van der Waals surface area contributed by atoms with Crippen LogP contribution in [0.25, 0.3) is 11.0 Å². The number of aromatic nitrogens is 2. The Morgan fingerprint density at radius 1 is 0.814 bits per heavy atom. The minimum absolute atomic E-state index is 0.0300. The topological polar surface area (TPSA) is 184 Å². The average Bonchev–Trinajstić information content (AvgIpc) is 3.42. The molecule has 16 heteroatoms. The lowest BCUT2D eigenvalue weighted by Crippen LogP contribution is -2.51. The van der Waals surface area contributed by atoms with Crippen LogP contribution in [0.2, 0.25) is 0 Å². The summed E-state index contributed by atoms with van der Waals surface area (Å²) in [5.41, 5.74) is 1.46. The molecule has 0 N–H and O–H groups in total. The van der Waals surface area contributed by atoms with Gasteiger partial charge in [-0.3, -0.25) is 34.2 Å². The number of carbonyl (C=O) groups is 6. The molecule has 0 aliphatic carbocycles. The molecule has 4 atom stereocenters. The first-order chi connectivity index (χ1) is 20.2. The quantitative estimate of drug-likeness (QED) is 0.280. The molecule has 1 aliphatic heterocycles. The van der Waals surface area contributed by atoms with E-state index in [1.165, 1.54) is 56.8 Å². The molecule has 3 rings (SSSR count). The zero-order valence-corrected chi connectivity index (χ0v) is 25.8. The Morgan fingerprint density at radius 3 is 1.91 bits per heavy atom. The number of carbonyl (C=O) groups excluding carboxylic acids is 6. The van der Waals surface area contributed by atoms with Gasteiger partial charge in [0.1, 0.15) is 5.52 Å². The van der Waals surface area contributed by atoms with Gasteiger partial charge in [0.25, 0.3) is 5.91 Å².